The van der Waals surface area contributed by atoms with E-state index < -0.39 is 0 Å². The van der Waals surface area contributed by atoms with Crippen LogP contribution in [-0.4, -0.2) is 34.9 Å². The minimum absolute atomic E-state index is 0.272. The van der Waals surface area contributed by atoms with Crippen LogP contribution in [0.1, 0.15) is 32.1 Å². The van der Waals surface area contributed by atoms with Gasteiger partial charge in [0.05, 0.1) is 17.6 Å². The van der Waals surface area contributed by atoms with E-state index in [1.54, 1.807) is 0 Å². The molecule has 2 atom stereocenters. The fourth-order valence-corrected chi connectivity index (χ4v) is 4.89. The lowest BCUT2D eigenvalue weighted by Gasteiger charge is -2.39. The van der Waals surface area contributed by atoms with Crippen molar-refractivity contribution in [2.45, 2.75) is 38.1 Å². The Morgan fingerprint density at radius 2 is 1.83 bits per heavy atom. The molecule has 2 aliphatic carbocycles. The lowest BCUT2D eigenvalue weighted by Crippen LogP contribution is -2.43. The van der Waals surface area contributed by atoms with Gasteiger partial charge < -0.3 is 4.90 Å². The summed E-state index contributed by atoms with van der Waals surface area (Å²) in [4.78, 5) is 14.4. The standard InChI is InChI=1S/C14H20N2OS/c15-1-2-18-9-14(17)16-8-12-4-10-3-11(5-12)7-13(16)6-10/h10-13H,2-9H2. The minimum atomic E-state index is 0.272. The molecule has 0 aromatic carbocycles. The van der Waals surface area contributed by atoms with Crippen molar-refractivity contribution < 1.29 is 4.79 Å². The van der Waals surface area contributed by atoms with E-state index in [1.807, 2.05) is 0 Å². The van der Waals surface area contributed by atoms with Gasteiger partial charge >= 0.3 is 0 Å². The molecule has 98 valence electrons. The van der Waals surface area contributed by atoms with Crippen LogP contribution < -0.4 is 0 Å². The summed E-state index contributed by atoms with van der Waals surface area (Å²) in [6.07, 6.45) is 6.59. The summed E-state index contributed by atoms with van der Waals surface area (Å²) < 4.78 is 0. The quantitative estimate of drug-likeness (QED) is 0.735. The Labute approximate surface area is 113 Å². The van der Waals surface area contributed by atoms with Gasteiger partial charge in [0.25, 0.3) is 0 Å². The molecule has 4 heteroatoms. The maximum Gasteiger partial charge on any atom is 0.232 e. The van der Waals surface area contributed by atoms with Gasteiger partial charge in [-0.1, -0.05) is 0 Å². The van der Waals surface area contributed by atoms with Gasteiger partial charge in [0.2, 0.25) is 5.91 Å². The Morgan fingerprint density at radius 3 is 2.50 bits per heavy atom. The van der Waals surface area contributed by atoms with Crippen molar-refractivity contribution in [1.29, 1.82) is 5.26 Å². The summed E-state index contributed by atoms with van der Waals surface area (Å²) in [6, 6.07) is 2.60. The second kappa shape index (κ2) is 5.13. The average Bonchev–Trinajstić information content (AvgIpc) is 2.53. The Morgan fingerprint density at radius 1 is 1.17 bits per heavy atom. The highest BCUT2D eigenvalue weighted by Crippen LogP contribution is 2.47. The van der Waals surface area contributed by atoms with E-state index in [9.17, 15) is 4.79 Å². The number of hydrogen-bond acceptors (Lipinski definition) is 3. The van der Waals surface area contributed by atoms with Crippen molar-refractivity contribution in [3.63, 3.8) is 0 Å². The van der Waals surface area contributed by atoms with Crippen LogP contribution in [0.3, 0.4) is 0 Å². The first-order valence-electron chi connectivity index (χ1n) is 7.00. The molecule has 2 heterocycles. The molecule has 2 saturated heterocycles. The summed E-state index contributed by atoms with van der Waals surface area (Å²) in [6.45, 7) is 0.990. The molecule has 4 aliphatic rings. The van der Waals surface area contributed by atoms with Crippen molar-refractivity contribution in [2.24, 2.45) is 17.8 Å². The molecule has 0 spiro atoms. The highest BCUT2D eigenvalue weighted by molar-refractivity contribution is 8.00. The smallest absolute Gasteiger partial charge is 0.232 e. The Hall–Kier alpha value is -0.690. The van der Waals surface area contributed by atoms with Crippen molar-refractivity contribution >= 4 is 17.7 Å². The Kier molecular flexibility index (Phi) is 3.52. The van der Waals surface area contributed by atoms with Crippen LogP contribution >= 0.6 is 11.8 Å². The molecule has 2 aliphatic heterocycles. The first kappa shape index (κ1) is 12.3. The second-order valence-corrected chi connectivity index (χ2v) is 7.11. The fraction of sp³-hybridized carbons (Fsp3) is 0.857. The monoisotopic (exact) mass is 264 g/mol. The Balaban J connectivity index is 1.66. The number of nitriles is 1. The molecule has 18 heavy (non-hydrogen) atoms. The van der Waals surface area contributed by atoms with E-state index in [4.69, 9.17) is 5.26 Å². The third kappa shape index (κ3) is 2.38. The molecule has 4 fully saturated rings. The molecule has 0 aromatic heterocycles. The molecule has 0 N–H and O–H groups in total. The van der Waals surface area contributed by atoms with Crippen LogP contribution in [0.4, 0.5) is 0 Å². The third-order valence-corrected chi connectivity index (χ3v) is 5.60. The van der Waals surface area contributed by atoms with E-state index in [0.29, 0.717) is 17.5 Å². The maximum atomic E-state index is 12.3. The van der Waals surface area contributed by atoms with Crippen molar-refractivity contribution in [2.75, 3.05) is 18.1 Å². The molecule has 0 radical (unpaired) electrons. The number of carbonyl (C=O) groups is 1. The lowest BCUT2D eigenvalue weighted by molar-refractivity contribution is -0.131. The number of hydrogen-bond donors (Lipinski definition) is 0. The maximum absolute atomic E-state index is 12.3. The summed E-state index contributed by atoms with van der Waals surface area (Å²) in [5.74, 6) is 3.72. The second-order valence-electron chi connectivity index (χ2n) is 6.13. The van der Waals surface area contributed by atoms with Gasteiger partial charge in [0.1, 0.15) is 0 Å². The van der Waals surface area contributed by atoms with Gasteiger partial charge in [0, 0.05) is 12.6 Å². The van der Waals surface area contributed by atoms with Gasteiger partial charge in [-0.2, -0.15) is 5.26 Å². The molecule has 0 aromatic rings. The van der Waals surface area contributed by atoms with Gasteiger partial charge in [-0.3, -0.25) is 4.79 Å². The molecule has 2 unspecified atom stereocenters. The van der Waals surface area contributed by atoms with E-state index in [-0.39, 0.29) is 5.91 Å². The molecule has 1 amide bonds. The van der Waals surface area contributed by atoms with Crippen LogP contribution in [0, 0.1) is 29.1 Å². The predicted molar refractivity (Wildman–Crippen MR) is 72.0 cm³/mol. The normalized spacial score (nSPS) is 37.4. The number of amides is 1. The van der Waals surface area contributed by atoms with E-state index in [2.05, 4.69) is 11.0 Å². The van der Waals surface area contributed by atoms with Gasteiger partial charge in [0.15, 0.2) is 0 Å². The summed E-state index contributed by atoms with van der Waals surface area (Å²) in [7, 11) is 0. The molecule has 2 saturated carbocycles. The van der Waals surface area contributed by atoms with Crippen molar-refractivity contribution in [3.05, 3.63) is 0 Å². The number of nitrogens with zero attached hydrogens (tertiary/aromatic N) is 2. The Bertz CT molecular complexity index is 364. The van der Waals surface area contributed by atoms with E-state index >= 15 is 0 Å². The number of fused-ring (bicyclic) bond motifs is 1. The van der Waals surface area contributed by atoms with E-state index in [0.717, 1.165) is 24.3 Å². The van der Waals surface area contributed by atoms with Gasteiger partial charge in [-0.05, 0) is 49.9 Å². The zero-order valence-electron chi connectivity index (χ0n) is 10.7. The predicted octanol–water partition coefficient (Wildman–Crippen LogP) is 2.28. The summed E-state index contributed by atoms with van der Waals surface area (Å²) in [5, 5.41) is 8.53. The lowest BCUT2D eigenvalue weighted by atomic mass is 9.68. The van der Waals surface area contributed by atoms with Crippen LogP contribution in [0.2, 0.25) is 0 Å². The molecule has 3 nitrogen and oxygen atoms in total. The third-order valence-electron chi connectivity index (χ3n) is 4.82. The largest absolute Gasteiger partial charge is 0.339 e. The number of thioether (sulfide) groups is 1. The fourth-order valence-electron chi connectivity index (χ4n) is 4.36. The molecular weight excluding hydrogens is 244 g/mol. The summed E-state index contributed by atoms with van der Waals surface area (Å²) in [5.41, 5.74) is 0. The van der Waals surface area contributed by atoms with E-state index in [1.165, 1.54) is 43.9 Å². The highest BCUT2D eigenvalue weighted by Gasteiger charge is 2.43. The number of rotatable bonds is 3. The first-order valence-corrected chi connectivity index (χ1v) is 8.16. The zero-order chi connectivity index (χ0) is 12.5. The average molecular weight is 264 g/mol. The zero-order valence-corrected chi connectivity index (χ0v) is 11.5. The SMILES string of the molecule is N#CCSCC(=O)N1CC2CC3CC(C2)CC1C3. The van der Waals surface area contributed by atoms with Crippen LogP contribution in [0.25, 0.3) is 0 Å². The minimum Gasteiger partial charge on any atom is -0.339 e. The van der Waals surface area contributed by atoms with Crippen LogP contribution in [-0.2, 0) is 4.79 Å². The number of carbonyl (C=O) groups excluding carboxylic acids is 1. The molecule has 4 rings (SSSR count). The highest BCUT2D eigenvalue weighted by atomic mass is 32.2. The molecular formula is C14H20N2OS. The topological polar surface area (TPSA) is 44.1 Å². The van der Waals surface area contributed by atoms with Crippen molar-refractivity contribution in [1.82, 2.24) is 4.90 Å². The first-order chi connectivity index (χ1) is 8.76. The van der Waals surface area contributed by atoms with Crippen molar-refractivity contribution in [3.8, 4) is 6.07 Å². The molecule has 4 bridgehead atoms. The van der Waals surface area contributed by atoms with Crippen LogP contribution in [0.5, 0.6) is 0 Å². The van der Waals surface area contributed by atoms with Gasteiger partial charge in [-0.25, -0.2) is 0 Å². The summed E-state index contributed by atoms with van der Waals surface area (Å²) >= 11 is 1.46. The van der Waals surface area contributed by atoms with Gasteiger partial charge in [-0.15, -0.1) is 11.8 Å². The van der Waals surface area contributed by atoms with Crippen LogP contribution in [0.15, 0.2) is 0 Å².